The van der Waals surface area contributed by atoms with Crippen LogP contribution in [-0.4, -0.2) is 93.5 Å². The molecule has 0 saturated heterocycles. The highest BCUT2D eigenvalue weighted by molar-refractivity contribution is 7.47. The van der Waals surface area contributed by atoms with E-state index in [-0.39, 0.29) is 31.1 Å². The van der Waals surface area contributed by atoms with E-state index in [1.54, 1.807) is 6.08 Å². The van der Waals surface area contributed by atoms with E-state index < -0.39 is 76.0 Å². The molecular formula is C48H78NO13P. The van der Waals surface area contributed by atoms with Crippen LogP contribution in [0.15, 0.2) is 85.1 Å². The average Bonchev–Trinajstić information content (AvgIpc) is 3.52. The molecule has 0 bridgehead atoms. The Kier molecular flexibility index (Phi) is 33.7. The van der Waals surface area contributed by atoms with Crippen molar-refractivity contribution < 1.29 is 62.8 Å². The maximum absolute atomic E-state index is 12.7. The van der Waals surface area contributed by atoms with Gasteiger partial charge in [-0.25, -0.2) is 4.57 Å². The minimum atomic E-state index is -4.80. The molecule has 0 aromatic heterocycles. The van der Waals surface area contributed by atoms with Crippen molar-refractivity contribution in [1.82, 2.24) is 0 Å². The Bertz CT molecular complexity index is 1510. The number of carboxylic acids is 1. The average molecular weight is 908 g/mol. The molecular weight excluding hydrogens is 829 g/mol. The topological polar surface area (TPSA) is 232 Å². The van der Waals surface area contributed by atoms with Crippen LogP contribution in [0.2, 0.25) is 0 Å². The van der Waals surface area contributed by atoms with Crippen LogP contribution >= 0.6 is 7.82 Å². The fraction of sp³-hybridized carbons (Fsp3) is 0.646. The fourth-order valence-corrected chi connectivity index (χ4v) is 7.29. The molecule has 0 aliphatic heterocycles. The number of phosphoric acid groups is 1. The highest BCUT2D eigenvalue weighted by atomic mass is 31.2. The van der Waals surface area contributed by atoms with E-state index in [0.29, 0.717) is 38.5 Å². The summed E-state index contributed by atoms with van der Waals surface area (Å²) in [6.07, 6.45) is 39.0. The van der Waals surface area contributed by atoms with Crippen molar-refractivity contribution >= 4 is 25.7 Å². The second-order valence-corrected chi connectivity index (χ2v) is 17.2. The number of nitrogens with two attached hydrogens (primary N) is 1. The number of ether oxygens (including phenoxy) is 2. The second-order valence-electron chi connectivity index (χ2n) is 15.8. The Labute approximate surface area is 376 Å². The number of carboxylic acid groups (broad SMARTS) is 1. The van der Waals surface area contributed by atoms with E-state index in [1.807, 2.05) is 36.5 Å². The Morgan fingerprint density at radius 2 is 1.25 bits per heavy atom. The van der Waals surface area contributed by atoms with Crippen molar-refractivity contribution in [2.24, 2.45) is 17.6 Å². The molecule has 0 spiro atoms. The van der Waals surface area contributed by atoms with Gasteiger partial charge in [-0.2, -0.15) is 0 Å². The number of allylic oxidation sites excluding steroid dienone is 12. The van der Waals surface area contributed by atoms with Crippen LogP contribution in [0, 0.1) is 11.8 Å². The van der Waals surface area contributed by atoms with Crippen molar-refractivity contribution in [2.45, 2.75) is 166 Å². The monoisotopic (exact) mass is 908 g/mol. The predicted octanol–water partition coefficient (Wildman–Crippen LogP) is 8.66. The predicted molar refractivity (Wildman–Crippen MR) is 246 cm³/mol. The zero-order chi connectivity index (χ0) is 46.6. The third-order valence-electron chi connectivity index (χ3n) is 10.2. The summed E-state index contributed by atoms with van der Waals surface area (Å²) in [6.45, 7) is 2.34. The molecule has 1 aliphatic carbocycles. The number of unbranched alkanes of at least 4 members (excludes halogenated alkanes) is 6. The number of carbonyl (C=O) groups is 3. The van der Waals surface area contributed by atoms with Gasteiger partial charge in [-0.05, 0) is 76.5 Å². The SMILES string of the molecule is CCCCC/C=C\C/C=C\C/C=C\C/C=C\C/C=C\CCC(=O)O[C@H](COC(=O)CCC/C=C/C[C@@H]1[C@@H](/C=C/[C@@H](O)CCCCC)[C@H](O)C[C@@H]1O)COP(=O)(O)OC[C@H](N)C(=O)O. The zero-order valence-electron chi connectivity index (χ0n) is 37.7. The summed E-state index contributed by atoms with van der Waals surface area (Å²) in [6, 6.07) is -1.57. The summed E-state index contributed by atoms with van der Waals surface area (Å²) in [4.78, 5) is 46.2. The first-order chi connectivity index (χ1) is 30.3. The number of hydrogen-bond donors (Lipinski definition) is 6. The zero-order valence-corrected chi connectivity index (χ0v) is 38.6. The molecule has 8 atom stereocenters. The van der Waals surface area contributed by atoms with Gasteiger partial charge in [0.1, 0.15) is 12.6 Å². The van der Waals surface area contributed by atoms with Crippen molar-refractivity contribution in [3.05, 3.63) is 85.1 Å². The molecule has 0 aromatic rings. The largest absolute Gasteiger partial charge is 0.480 e. The first-order valence-corrected chi connectivity index (χ1v) is 24.4. The van der Waals surface area contributed by atoms with Gasteiger partial charge in [0.2, 0.25) is 0 Å². The van der Waals surface area contributed by atoms with Crippen LogP contribution in [0.3, 0.4) is 0 Å². The van der Waals surface area contributed by atoms with Crippen molar-refractivity contribution in [3.8, 4) is 0 Å². The highest BCUT2D eigenvalue weighted by Gasteiger charge is 2.39. The second kappa shape index (κ2) is 36.8. The molecule has 358 valence electrons. The number of rotatable bonds is 37. The molecule has 0 amide bonds. The molecule has 1 aliphatic rings. The fourth-order valence-electron chi connectivity index (χ4n) is 6.51. The molecule has 1 rings (SSSR count). The number of esters is 2. The summed E-state index contributed by atoms with van der Waals surface area (Å²) in [5, 5.41) is 40.2. The number of phosphoric ester groups is 1. The van der Waals surface area contributed by atoms with Gasteiger partial charge in [0.05, 0.1) is 31.5 Å². The standard InChI is InChI=1S/C48H78NO13P/c1-3-5-7-8-9-10-11-12-13-14-15-16-17-18-19-20-21-22-28-32-47(54)62-40(37-60-63(57,58)61-38-43(49)48(55)56)36-59-46(53)31-27-24-23-26-30-41-42(45(52)35-44(41)51)34-33-39(50)29-25-6-4-2/h9-10,12-13,15-16,18-19,21-23,26,33-34,39-45,50-52H,3-8,11,14,17,20,24-25,27-32,35-38,49H2,1-2H3,(H,55,56)(H,57,58)/b10-9-,13-12-,16-15-,19-18-,22-21-,26-23+,34-33+/t39-,40+,41+,42+,43-,44-,45+/m0/s1. The normalized spacial score (nSPS) is 20.9. The van der Waals surface area contributed by atoms with Gasteiger partial charge in [-0.15, -0.1) is 0 Å². The minimum absolute atomic E-state index is 0.0163. The summed E-state index contributed by atoms with van der Waals surface area (Å²) in [7, 11) is -4.80. The number of aliphatic hydroxyl groups excluding tert-OH is 3. The molecule has 1 saturated carbocycles. The summed E-state index contributed by atoms with van der Waals surface area (Å²) in [5.74, 6) is -3.19. The molecule has 0 heterocycles. The number of hydrogen-bond acceptors (Lipinski definition) is 12. The van der Waals surface area contributed by atoms with E-state index in [0.717, 1.165) is 44.9 Å². The minimum Gasteiger partial charge on any atom is -0.480 e. The van der Waals surface area contributed by atoms with Crippen LogP contribution in [0.4, 0.5) is 0 Å². The lowest BCUT2D eigenvalue weighted by molar-refractivity contribution is -0.161. The van der Waals surface area contributed by atoms with Crippen LogP contribution in [-0.2, 0) is 37.5 Å². The van der Waals surface area contributed by atoms with Gasteiger partial charge in [-0.3, -0.25) is 23.4 Å². The molecule has 1 unspecified atom stereocenters. The summed E-state index contributed by atoms with van der Waals surface area (Å²) < 4.78 is 32.6. The Morgan fingerprint density at radius 1 is 0.698 bits per heavy atom. The van der Waals surface area contributed by atoms with Crippen LogP contribution in [0.25, 0.3) is 0 Å². The first-order valence-electron chi connectivity index (χ1n) is 22.9. The Hall–Kier alpha value is -3.46. The third-order valence-corrected chi connectivity index (χ3v) is 11.1. The first kappa shape index (κ1) is 57.6. The highest BCUT2D eigenvalue weighted by Crippen LogP contribution is 2.43. The van der Waals surface area contributed by atoms with Gasteiger partial charge in [0, 0.05) is 25.2 Å². The maximum Gasteiger partial charge on any atom is 0.472 e. The lowest BCUT2D eigenvalue weighted by Crippen LogP contribution is -2.34. The van der Waals surface area contributed by atoms with Gasteiger partial charge in [0.25, 0.3) is 0 Å². The lowest BCUT2D eigenvalue weighted by Gasteiger charge is -2.20. The van der Waals surface area contributed by atoms with E-state index in [1.165, 1.54) is 19.3 Å². The quantitative estimate of drug-likeness (QED) is 0.0148. The summed E-state index contributed by atoms with van der Waals surface area (Å²) >= 11 is 0. The van der Waals surface area contributed by atoms with Gasteiger partial charge in [-0.1, -0.05) is 131 Å². The van der Waals surface area contributed by atoms with E-state index >= 15 is 0 Å². The van der Waals surface area contributed by atoms with E-state index in [9.17, 15) is 39.2 Å². The lowest BCUT2D eigenvalue weighted by atomic mass is 9.89. The molecule has 0 radical (unpaired) electrons. The summed E-state index contributed by atoms with van der Waals surface area (Å²) in [5.41, 5.74) is 5.33. The molecule has 7 N–H and O–H groups in total. The molecule has 63 heavy (non-hydrogen) atoms. The molecule has 0 aromatic carbocycles. The van der Waals surface area contributed by atoms with Crippen LogP contribution in [0.5, 0.6) is 0 Å². The maximum atomic E-state index is 12.7. The number of aliphatic hydroxyl groups is 3. The molecule has 14 nitrogen and oxygen atoms in total. The van der Waals surface area contributed by atoms with Crippen LogP contribution < -0.4 is 5.73 Å². The Balaban J connectivity index is 2.54. The van der Waals surface area contributed by atoms with E-state index in [2.05, 4.69) is 60.9 Å². The molecule has 1 fully saturated rings. The van der Waals surface area contributed by atoms with Gasteiger partial charge >= 0.3 is 25.7 Å². The smallest absolute Gasteiger partial charge is 0.472 e. The van der Waals surface area contributed by atoms with Crippen molar-refractivity contribution in [3.63, 3.8) is 0 Å². The van der Waals surface area contributed by atoms with Crippen LogP contribution in [0.1, 0.15) is 136 Å². The van der Waals surface area contributed by atoms with Gasteiger partial charge < -0.3 is 40.5 Å². The number of carbonyl (C=O) groups excluding carboxylic acids is 2. The van der Waals surface area contributed by atoms with Crippen molar-refractivity contribution in [1.29, 1.82) is 0 Å². The van der Waals surface area contributed by atoms with Crippen molar-refractivity contribution in [2.75, 3.05) is 19.8 Å². The number of aliphatic carboxylic acids is 1. The van der Waals surface area contributed by atoms with E-state index in [4.69, 9.17) is 24.8 Å². The third kappa shape index (κ3) is 31.1. The van der Waals surface area contributed by atoms with Gasteiger partial charge in [0.15, 0.2) is 6.10 Å². The molecule has 15 heteroatoms. The Morgan fingerprint density at radius 3 is 1.87 bits per heavy atom.